The van der Waals surface area contributed by atoms with Crippen molar-refractivity contribution in [1.82, 2.24) is 14.3 Å². The summed E-state index contributed by atoms with van der Waals surface area (Å²) in [4.78, 5) is 8.54. The number of hydrogen-bond donors (Lipinski definition) is 3. The number of nitrogens with one attached hydrogen (secondary N) is 2. The average molecular weight is 302 g/mol. The predicted octanol–water partition coefficient (Wildman–Crippen LogP) is 0.189. The van der Waals surface area contributed by atoms with Crippen LogP contribution < -0.4 is 16.6 Å². The molecule has 0 amide bonds. The predicted molar refractivity (Wildman–Crippen MR) is 79.9 cm³/mol. The minimum Gasteiger partial charge on any atom is -0.369 e. The first-order chi connectivity index (χ1) is 9.26. The van der Waals surface area contributed by atoms with E-state index in [2.05, 4.69) is 20.7 Å². The van der Waals surface area contributed by atoms with Gasteiger partial charge in [-0.25, -0.2) is 28.5 Å². The van der Waals surface area contributed by atoms with Crippen molar-refractivity contribution in [2.24, 2.45) is 5.84 Å². The van der Waals surface area contributed by atoms with Gasteiger partial charge in [0.2, 0.25) is 10.0 Å². The minimum atomic E-state index is -3.22. The first-order valence-corrected chi connectivity index (χ1v) is 7.87. The zero-order valence-electron chi connectivity index (χ0n) is 12.2. The van der Waals surface area contributed by atoms with Crippen LogP contribution in [0.25, 0.3) is 0 Å². The third kappa shape index (κ3) is 4.58. The minimum absolute atomic E-state index is 0.00754. The molecule has 0 aliphatic rings. The van der Waals surface area contributed by atoms with Crippen LogP contribution in [0.5, 0.6) is 0 Å². The molecule has 0 unspecified atom stereocenters. The lowest BCUT2D eigenvalue weighted by atomic mass is 10.2. The number of nitrogen functional groups attached to an aromatic ring is 1. The molecule has 0 saturated carbocycles. The molecule has 0 bridgehead atoms. The van der Waals surface area contributed by atoms with Crippen LogP contribution in [0, 0.1) is 0 Å². The maximum atomic E-state index is 11.6. The summed E-state index contributed by atoms with van der Waals surface area (Å²) in [6.45, 7) is 4.20. The van der Waals surface area contributed by atoms with Crippen molar-refractivity contribution in [2.75, 3.05) is 37.1 Å². The van der Waals surface area contributed by atoms with Crippen molar-refractivity contribution in [3.8, 4) is 0 Å². The molecule has 8 nitrogen and oxygen atoms in total. The standard InChI is InChI=1S/C11H22N6O2S/c1-8(2)11-14-9(7-10(15-11)16-12)13-5-6-20(18,19)17(3)4/h7-8H,5-6,12H2,1-4H3,(H2,13,14,15,16). The molecule has 0 atom stereocenters. The molecule has 20 heavy (non-hydrogen) atoms. The van der Waals surface area contributed by atoms with Crippen molar-refractivity contribution < 1.29 is 8.42 Å². The summed E-state index contributed by atoms with van der Waals surface area (Å²) in [6, 6.07) is 1.63. The van der Waals surface area contributed by atoms with E-state index in [9.17, 15) is 8.42 Å². The molecule has 1 heterocycles. The number of hydrazine groups is 1. The second kappa shape index (κ2) is 6.82. The van der Waals surface area contributed by atoms with Gasteiger partial charge in [-0.1, -0.05) is 13.8 Å². The molecule has 0 aromatic carbocycles. The lowest BCUT2D eigenvalue weighted by Crippen LogP contribution is -2.28. The SMILES string of the molecule is CC(C)c1nc(NN)cc(NCCS(=O)(=O)N(C)C)n1. The summed E-state index contributed by atoms with van der Waals surface area (Å²) in [7, 11) is -0.209. The first kappa shape index (κ1) is 16.6. The Morgan fingerprint density at radius 3 is 2.40 bits per heavy atom. The Labute approximate surface area is 119 Å². The van der Waals surface area contributed by atoms with Crippen LogP contribution in [0.3, 0.4) is 0 Å². The van der Waals surface area contributed by atoms with Crippen LogP contribution in [0.15, 0.2) is 6.07 Å². The number of anilines is 2. The van der Waals surface area contributed by atoms with E-state index in [1.807, 2.05) is 13.8 Å². The molecule has 9 heteroatoms. The average Bonchev–Trinajstić information content (AvgIpc) is 2.37. The van der Waals surface area contributed by atoms with Crippen molar-refractivity contribution in [2.45, 2.75) is 19.8 Å². The summed E-state index contributed by atoms with van der Waals surface area (Å²) >= 11 is 0. The van der Waals surface area contributed by atoms with E-state index < -0.39 is 10.0 Å². The van der Waals surface area contributed by atoms with E-state index in [0.29, 0.717) is 17.5 Å². The van der Waals surface area contributed by atoms with E-state index in [-0.39, 0.29) is 18.2 Å². The Bertz CT molecular complexity index is 544. The molecule has 1 rings (SSSR count). The summed E-state index contributed by atoms with van der Waals surface area (Å²) in [5, 5.41) is 2.97. The summed E-state index contributed by atoms with van der Waals surface area (Å²) in [5.74, 6) is 7.17. The van der Waals surface area contributed by atoms with Gasteiger partial charge in [-0.05, 0) is 0 Å². The summed E-state index contributed by atoms with van der Waals surface area (Å²) in [5.41, 5.74) is 2.47. The molecule has 0 aliphatic carbocycles. The van der Waals surface area contributed by atoms with Crippen molar-refractivity contribution in [3.63, 3.8) is 0 Å². The van der Waals surface area contributed by atoms with E-state index >= 15 is 0 Å². The van der Waals surface area contributed by atoms with E-state index in [1.54, 1.807) is 6.07 Å². The quantitative estimate of drug-likeness (QED) is 0.486. The van der Waals surface area contributed by atoms with Crippen molar-refractivity contribution in [1.29, 1.82) is 0 Å². The van der Waals surface area contributed by atoms with Gasteiger partial charge in [0.25, 0.3) is 0 Å². The summed E-state index contributed by atoms with van der Waals surface area (Å²) < 4.78 is 24.5. The smallest absolute Gasteiger partial charge is 0.215 e. The molecule has 0 fully saturated rings. The fourth-order valence-electron chi connectivity index (χ4n) is 1.38. The highest BCUT2D eigenvalue weighted by Crippen LogP contribution is 2.16. The van der Waals surface area contributed by atoms with E-state index in [4.69, 9.17) is 5.84 Å². The van der Waals surface area contributed by atoms with Gasteiger partial charge in [-0.2, -0.15) is 0 Å². The molecule has 4 N–H and O–H groups in total. The van der Waals surface area contributed by atoms with Gasteiger partial charge < -0.3 is 10.7 Å². The van der Waals surface area contributed by atoms with Crippen LogP contribution >= 0.6 is 0 Å². The Morgan fingerprint density at radius 2 is 1.90 bits per heavy atom. The lowest BCUT2D eigenvalue weighted by molar-refractivity contribution is 0.521. The van der Waals surface area contributed by atoms with E-state index in [1.165, 1.54) is 18.4 Å². The molecule has 0 aliphatic heterocycles. The van der Waals surface area contributed by atoms with Crippen molar-refractivity contribution >= 4 is 21.7 Å². The molecule has 1 aromatic rings. The molecular formula is C11H22N6O2S. The number of aromatic nitrogens is 2. The van der Waals surface area contributed by atoms with E-state index in [0.717, 1.165) is 0 Å². The maximum absolute atomic E-state index is 11.6. The zero-order chi connectivity index (χ0) is 15.3. The van der Waals surface area contributed by atoms with Crippen LogP contribution in [-0.4, -0.2) is 49.1 Å². The number of hydrogen-bond acceptors (Lipinski definition) is 7. The second-order valence-corrected chi connectivity index (χ2v) is 7.12. The molecule has 0 radical (unpaired) electrons. The Hall–Kier alpha value is -1.45. The summed E-state index contributed by atoms with van der Waals surface area (Å²) in [6.07, 6.45) is 0. The van der Waals surface area contributed by atoms with Gasteiger partial charge in [0.15, 0.2) is 0 Å². The van der Waals surface area contributed by atoms with Gasteiger partial charge >= 0.3 is 0 Å². The van der Waals surface area contributed by atoms with Crippen LogP contribution in [0.4, 0.5) is 11.6 Å². The second-order valence-electron chi connectivity index (χ2n) is 4.82. The third-order valence-electron chi connectivity index (χ3n) is 2.63. The molecule has 0 saturated heterocycles. The fourth-order valence-corrected chi connectivity index (χ4v) is 2.10. The normalized spacial score (nSPS) is 11.9. The number of sulfonamides is 1. The Balaban J connectivity index is 2.75. The van der Waals surface area contributed by atoms with Gasteiger partial charge in [-0.15, -0.1) is 0 Å². The first-order valence-electron chi connectivity index (χ1n) is 6.26. The largest absolute Gasteiger partial charge is 0.369 e. The fraction of sp³-hybridized carbons (Fsp3) is 0.636. The van der Waals surface area contributed by atoms with Crippen LogP contribution in [0.2, 0.25) is 0 Å². The van der Waals surface area contributed by atoms with Crippen LogP contribution in [-0.2, 0) is 10.0 Å². The highest BCUT2D eigenvalue weighted by Gasteiger charge is 2.13. The van der Waals surface area contributed by atoms with Crippen molar-refractivity contribution in [3.05, 3.63) is 11.9 Å². The Morgan fingerprint density at radius 1 is 1.30 bits per heavy atom. The lowest BCUT2D eigenvalue weighted by Gasteiger charge is -2.13. The molecule has 0 spiro atoms. The number of nitrogens with zero attached hydrogens (tertiary/aromatic N) is 3. The third-order valence-corrected chi connectivity index (χ3v) is 4.46. The maximum Gasteiger partial charge on any atom is 0.215 e. The molecule has 1 aromatic heterocycles. The van der Waals surface area contributed by atoms with Gasteiger partial charge in [0, 0.05) is 32.6 Å². The highest BCUT2D eigenvalue weighted by atomic mass is 32.2. The van der Waals surface area contributed by atoms with Gasteiger partial charge in [0.05, 0.1) is 5.75 Å². The molecule has 114 valence electrons. The molecular weight excluding hydrogens is 280 g/mol. The Kier molecular flexibility index (Phi) is 5.66. The van der Waals surface area contributed by atoms with Gasteiger partial charge in [0.1, 0.15) is 17.5 Å². The topological polar surface area (TPSA) is 113 Å². The zero-order valence-corrected chi connectivity index (χ0v) is 13.0. The van der Waals surface area contributed by atoms with Crippen LogP contribution in [0.1, 0.15) is 25.6 Å². The monoisotopic (exact) mass is 302 g/mol. The van der Waals surface area contributed by atoms with Gasteiger partial charge in [-0.3, -0.25) is 0 Å². The highest BCUT2D eigenvalue weighted by molar-refractivity contribution is 7.89. The number of nitrogens with two attached hydrogens (primary N) is 1. The number of rotatable bonds is 7.